The highest BCUT2D eigenvalue weighted by atomic mass is 35.5. The third-order valence-corrected chi connectivity index (χ3v) is 5.28. The second-order valence-corrected chi connectivity index (χ2v) is 7.05. The fourth-order valence-electron chi connectivity index (χ4n) is 3.57. The molecular weight excluding hydrogens is 377 g/mol. The van der Waals surface area contributed by atoms with Crippen molar-refractivity contribution in [2.75, 3.05) is 0 Å². The number of benzene rings is 2. The van der Waals surface area contributed by atoms with E-state index in [2.05, 4.69) is 22.8 Å². The fourth-order valence-corrected chi connectivity index (χ4v) is 3.57. The second-order valence-electron chi connectivity index (χ2n) is 7.05. The molecule has 0 unspecified atom stereocenters. The Bertz CT molecular complexity index is 863. The zero-order valence-electron chi connectivity index (χ0n) is 14.5. The highest BCUT2D eigenvalue weighted by Crippen LogP contribution is 2.49. The highest BCUT2D eigenvalue weighted by molar-refractivity contribution is 5.91. The van der Waals surface area contributed by atoms with Gasteiger partial charge in [0.15, 0.2) is 0 Å². The van der Waals surface area contributed by atoms with E-state index >= 15 is 0 Å². The van der Waals surface area contributed by atoms with E-state index in [0.29, 0.717) is 24.9 Å². The van der Waals surface area contributed by atoms with Gasteiger partial charge in [-0.2, -0.15) is 13.2 Å². The van der Waals surface area contributed by atoms with Gasteiger partial charge in [-0.1, -0.05) is 36.4 Å². The zero-order chi connectivity index (χ0) is 18.4. The lowest BCUT2D eigenvalue weighted by Crippen LogP contribution is -2.34. The Balaban J connectivity index is 0.00000210. The van der Waals surface area contributed by atoms with Crippen molar-refractivity contribution >= 4 is 18.3 Å². The largest absolute Gasteiger partial charge is 0.416 e. The molecule has 2 aromatic rings. The molecule has 1 saturated carbocycles. The smallest absolute Gasteiger partial charge is 0.351 e. The van der Waals surface area contributed by atoms with E-state index in [1.165, 1.54) is 17.2 Å². The summed E-state index contributed by atoms with van der Waals surface area (Å²) in [5.74, 6) is -0.199. The predicted octanol–water partition coefficient (Wildman–Crippen LogP) is 4.08. The molecule has 4 rings (SSSR count). The van der Waals surface area contributed by atoms with Crippen molar-refractivity contribution in [2.45, 2.75) is 44.1 Å². The van der Waals surface area contributed by atoms with Gasteiger partial charge in [0.25, 0.3) is 0 Å². The van der Waals surface area contributed by atoms with Crippen LogP contribution in [-0.4, -0.2) is 5.91 Å². The number of hydrogen-bond acceptors (Lipinski definition) is 2. The third-order valence-electron chi connectivity index (χ3n) is 5.28. The van der Waals surface area contributed by atoms with Gasteiger partial charge in [0.1, 0.15) is 0 Å². The summed E-state index contributed by atoms with van der Waals surface area (Å²) in [5.41, 5.74) is 2.42. The second kappa shape index (κ2) is 7.17. The minimum absolute atomic E-state index is 0. The molecule has 0 bridgehead atoms. The van der Waals surface area contributed by atoms with Crippen molar-refractivity contribution < 1.29 is 18.0 Å². The highest BCUT2D eigenvalue weighted by Gasteiger charge is 2.51. The number of carbonyl (C=O) groups is 1. The van der Waals surface area contributed by atoms with Gasteiger partial charge in [-0.3, -0.25) is 4.79 Å². The number of rotatable bonds is 4. The van der Waals surface area contributed by atoms with Gasteiger partial charge < -0.3 is 10.6 Å². The summed E-state index contributed by atoms with van der Waals surface area (Å²) in [7, 11) is 0. The first-order chi connectivity index (χ1) is 12.4. The van der Waals surface area contributed by atoms with E-state index < -0.39 is 17.2 Å². The minimum Gasteiger partial charge on any atom is -0.351 e. The summed E-state index contributed by atoms with van der Waals surface area (Å²) >= 11 is 0. The van der Waals surface area contributed by atoms with Crippen molar-refractivity contribution in [3.8, 4) is 0 Å². The van der Waals surface area contributed by atoms with E-state index in [4.69, 9.17) is 0 Å². The van der Waals surface area contributed by atoms with Crippen molar-refractivity contribution in [3.63, 3.8) is 0 Å². The molecule has 1 aliphatic carbocycles. The van der Waals surface area contributed by atoms with Crippen LogP contribution >= 0.6 is 12.4 Å². The molecule has 2 N–H and O–H groups in total. The Hall–Kier alpha value is -2.05. The van der Waals surface area contributed by atoms with E-state index in [9.17, 15) is 18.0 Å². The maximum atomic E-state index is 13.0. The maximum Gasteiger partial charge on any atom is 0.416 e. The summed E-state index contributed by atoms with van der Waals surface area (Å²) in [6.45, 7) is 2.07. The van der Waals surface area contributed by atoms with Crippen LogP contribution in [0.1, 0.15) is 40.7 Å². The molecule has 1 fully saturated rings. The van der Waals surface area contributed by atoms with Crippen LogP contribution in [-0.2, 0) is 36.0 Å². The minimum atomic E-state index is -4.40. The normalized spacial score (nSPS) is 17.0. The lowest BCUT2D eigenvalue weighted by Gasteiger charge is -2.18. The molecule has 0 spiro atoms. The molecule has 0 saturated heterocycles. The van der Waals surface area contributed by atoms with Gasteiger partial charge in [-0.25, -0.2) is 0 Å². The third kappa shape index (κ3) is 3.82. The Morgan fingerprint density at radius 3 is 2.52 bits per heavy atom. The van der Waals surface area contributed by atoms with Gasteiger partial charge in [-0.15, -0.1) is 12.4 Å². The van der Waals surface area contributed by atoms with Crippen molar-refractivity contribution in [1.29, 1.82) is 0 Å². The lowest BCUT2D eigenvalue weighted by atomic mass is 9.93. The Kier molecular flexibility index (Phi) is 5.23. The molecule has 0 aromatic heterocycles. The first-order valence-corrected chi connectivity index (χ1v) is 8.66. The lowest BCUT2D eigenvalue weighted by molar-refractivity contribution is -0.137. The van der Waals surface area contributed by atoms with Crippen LogP contribution < -0.4 is 10.6 Å². The average Bonchev–Trinajstić information content (AvgIpc) is 3.31. The summed E-state index contributed by atoms with van der Waals surface area (Å²) < 4.78 is 38.9. The maximum absolute atomic E-state index is 13.0. The van der Waals surface area contributed by atoms with Crippen LogP contribution in [0.15, 0.2) is 42.5 Å². The average molecular weight is 397 g/mol. The number of fused-ring (bicyclic) bond motifs is 1. The van der Waals surface area contributed by atoms with Gasteiger partial charge in [0.2, 0.25) is 5.91 Å². The van der Waals surface area contributed by atoms with E-state index in [1.807, 2.05) is 6.07 Å². The van der Waals surface area contributed by atoms with Gasteiger partial charge >= 0.3 is 6.18 Å². The van der Waals surface area contributed by atoms with Gasteiger partial charge in [0, 0.05) is 19.6 Å². The first kappa shape index (κ1) is 19.7. The summed E-state index contributed by atoms with van der Waals surface area (Å²) in [6, 6.07) is 11.2. The Morgan fingerprint density at radius 2 is 1.81 bits per heavy atom. The predicted molar refractivity (Wildman–Crippen MR) is 98.4 cm³/mol. The zero-order valence-corrected chi connectivity index (χ0v) is 15.3. The summed E-state index contributed by atoms with van der Waals surface area (Å²) in [4.78, 5) is 12.7. The molecule has 27 heavy (non-hydrogen) atoms. The van der Waals surface area contributed by atoms with E-state index in [0.717, 1.165) is 30.8 Å². The molecule has 2 aromatic carbocycles. The monoisotopic (exact) mass is 396 g/mol. The molecule has 1 heterocycles. The van der Waals surface area contributed by atoms with Crippen LogP contribution in [0.4, 0.5) is 13.2 Å². The molecule has 0 radical (unpaired) electrons. The van der Waals surface area contributed by atoms with Crippen molar-refractivity contribution in [3.05, 3.63) is 70.3 Å². The number of carbonyl (C=O) groups excluding carboxylic acids is 1. The van der Waals surface area contributed by atoms with Crippen LogP contribution in [0.5, 0.6) is 0 Å². The topological polar surface area (TPSA) is 41.1 Å². The molecule has 1 aliphatic heterocycles. The van der Waals surface area contributed by atoms with Crippen LogP contribution in [0.2, 0.25) is 0 Å². The SMILES string of the molecule is Cl.O=C(NCc1ccc2c(c1)CNC2)C1(c2cccc(C(F)(F)F)c2)CC1. The Morgan fingerprint density at radius 1 is 1.07 bits per heavy atom. The van der Waals surface area contributed by atoms with Gasteiger partial charge in [0.05, 0.1) is 11.0 Å². The van der Waals surface area contributed by atoms with Crippen LogP contribution in [0.25, 0.3) is 0 Å². The summed E-state index contributed by atoms with van der Waals surface area (Å²) in [6.07, 6.45) is -3.25. The Labute approximate surface area is 161 Å². The quantitative estimate of drug-likeness (QED) is 0.817. The molecule has 1 amide bonds. The number of hydrogen-bond donors (Lipinski definition) is 2. The van der Waals surface area contributed by atoms with Crippen LogP contribution in [0.3, 0.4) is 0 Å². The number of alkyl halides is 3. The number of nitrogens with one attached hydrogen (secondary N) is 2. The summed E-state index contributed by atoms with van der Waals surface area (Å²) in [5, 5.41) is 6.18. The number of halogens is 4. The molecule has 0 atom stereocenters. The van der Waals surface area contributed by atoms with Crippen molar-refractivity contribution in [2.24, 2.45) is 0 Å². The standard InChI is InChI=1S/C20H19F3N2O.ClH/c21-20(22,23)17-3-1-2-16(9-17)19(6-7-19)18(26)25-10-13-4-5-14-11-24-12-15(14)8-13;/h1-5,8-9,24H,6-7,10-12H2,(H,25,26);1H. The van der Waals surface area contributed by atoms with E-state index in [1.54, 1.807) is 6.07 Å². The molecule has 7 heteroatoms. The van der Waals surface area contributed by atoms with Crippen molar-refractivity contribution in [1.82, 2.24) is 10.6 Å². The van der Waals surface area contributed by atoms with Crippen LogP contribution in [0, 0.1) is 0 Å². The van der Waals surface area contributed by atoms with Gasteiger partial charge in [-0.05, 0) is 41.2 Å². The molecule has 2 aliphatic rings. The first-order valence-electron chi connectivity index (χ1n) is 8.66. The molecule has 3 nitrogen and oxygen atoms in total. The number of amides is 1. The fraction of sp³-hybridized carbons (Fsp3) is 0.350. The molecular formula is C20H20ClF3N2O. The van der Waals surface area contributed by atoms with E-state index in [-0.39, 0.29) is 18.3 Å². The molecule has 144 valence electrons.